The van der Waals surface area contributed by atoms with Gasteiger partial charge in [-0.05, 0) is 66.2 Å². The van der Waals surface area contributed by atoms with Gasteiger partial charge in [-0.25, -0.2) is 0 Å². The van der Waals surface area contributed by atoms with E-state index in [2.05, 4.69) is 33.8 Å². The van der Waals surface area contributed by atoms with E-state index in [1.165, 1.54) is 37.8 Å². The molecule has 0 amide bonds. The van der Waals surface area contributed by atoms with Gasteiger partial charge in [0.15, 0.2) is 5.78 Å². The third kappa shape index (κ3) is 3.85. The van der Waals surface area contributed by atoms with Crippen molar-refractivity contribution < 1.29 is 4.79 Å². The normalized spacial score (nSPS) is 19.8. The van der Waals surface area contributed by atoms with E-state index in [9.17, 15) is 4.79 Å². The molecule has 0 bridgehead atoms. The Balaban J connectivity index is 2.09. The minimum absolute atomic E-state index is 0.121. The monoisotopic (exact) mass is 337 g/mol. The van der Waals surface area contributed by atoms with Crippen molar-refractivity contribution >= 4 is 27.4 Å². The second-order valence-electron chi connectivity index (χ2n) is 5.80. The van der Waals surface area contributed by atoms with Gasteiger partial charge in [-0.2, -0.15) is 0 Å². The molecular formula is C17H24BrNO. The Kier molecular flexibility index (Phi) is 5.64. The highest BCUT2D eigenvalue weighted by Crippen LogP contribution is 2.31. The van der Waals surface area contributed by atoms with E-state index < -0.39 is 0 Å². The maximum absolute atomic E-state index is 11.4. The van der Waals surface area contributed by atoms with Crippen LogP contribution in [-0.2, 0) is 0 Å². The fourth-order valence-corrected chi connectivity index (χ4v) is 3.72. The number of ketones is 1. The van der Waals surface area contributed by atoms with Crippen LogP contribution < -0.4 is 4.90 Å². The molecule has 2 rings (SSSR count). The number of halogens is 1. The van der Waals surface area contributed by atoms with E-state index in [4.69, 9.17) is 0 Å². The molecule has 2 nitrogen and oxygen atoms in total. The lowest BCUT2D eigenvalue weighted by atomic mass is 9.96. The van der Waals surface area contributed by atoms with Crippen LogP contribution in [0.1, 0.15) is 56.3 Å². The lowest BCUT2D eigenvalue weighted by molar-refractivity contribution is 0.101. The van der Waals surface area contributed by atoms with E-state index in [0.29, 0.717) is 0 Å². The average molecular weight is 338 g/mol. The summed E-state index contributed by atoms with van der Waals surface area (Å²) in [6.45, 7) is 6.14. The summed E-state index contributed by atoms with van der Waals surface area (Å²) in [6, 6.07) is 5.98. The van der Waals surface area contributed by atoms with Crippen molar-refractivity contribution in [2.24, 2.45) is 5.92 Å². The molecule has 1 fully saturated rings. The van der Waals surface area contributed by atoms with E-state index >= 15 is 0 Å². The third-order valence-corrected chi connectivity index (χ3v) is 4.87. The summed E-state index contributed by atoms with van der Waals surface area (Å²) in [6.07, 6.45) is 6.56. The van der Waals surface area contributed by atoms with Crippen molar-refractivity contribution in [3.63, 3.8) is 0 Å². The van der Waals surface area contributed by atoms with Crippen molar-refractivity contribution in [3.05, 3.63) is 28.2 Å². The van der Waals surface area contributed by atoms with E-state index in [0.717, 1.165) is 29.0 Å². The quantitative estimate of drug-likeness (QED) is 0.716. The molecule has 0 spiro atoms. The van der Waals surface area contributed by atoms with Crippen LogP contribution in [-0.4, -0.2) is 18.9 Å². The smallest absolute Gasteiger partial charge is 0.159 e. The number of nitrogens with zero attached hydrogens (tertiary/aromatic N) is 1. The van der Waals surface area contributed by atoms with Gasteiger partial charge in [0, 0.05) is 23.1 Å². The number of carbonyl (C=O) groups excluding carboxylic acids is 1. The lowest BCUT2D eigenvalue weighted by Crippen LogP contribution is -2.24. The molecule has 1 atom stereocenters. The van der Waals surface area contributed by atoms with Gasteiger partial charge < -0.3 is 4.90 Å². The summed E-state index contributed by atoms with van der Waals surface area (Å²) in [4.78, 5) is 13.9. The third-order valence-electron chi connectivity index (χ3n) is 4.24. The summed E-state index contributed by atoms with van der Waals surface area (Å²) in [5.74, 6) is 1.01. The number of carbonyl (C=O) groups is 1. The zero-order valence-electron chi connectivity index (χ0n) is 12.5. The second-order valence-corrected chi connectivity index (χ2v) is 6.65. The van der Waals surface area contributed by atoms with E-state index in [1.807, 2.05) is 12.1 Å². The molecule has 0 saturated carbocycles. The van der Waals surface area contributed by atoms with Crippen molar-refractivity contribution in [2.45, 2.75) is 46.0 Å². The molecular weight excluding hydrogens is 314 g/mol. The van der Waals surface area contributed by atoms with Crippen molar-refractivity contribution in [2.75, 3.05) is 18.0 Å². The number of hydrogen-bond donors (Lipinski definition) is 0. The summed E-state index contributed by atoms with van der Waals surface area (Å²) in [5, 5.41) is 0. The van der Waals surface area contributed by atoms with Gasteiger partial charge in [-0.15, -0.1) is 0 Å². The SMILES string of the molecule is CCCC1CCCN(c2ccc(C(C)=O)cc2Br)CC1. The van der Waals surface area contributed by atoms with Gasteiger partial charge in [0.2, 0.25) is 0 Å². The number of rotatable bonds is 4. The second kappa shape index (κ2) is 7.26. The minimum Gasteiger partial charge on any atom is -0.371 e. The summed E-state index contributed by atoms with van der Waals surface area (Å²) < 4.78 is 1.04. The lowest BCUT2D eigenvalue weighted by Gasteiger charge is -2.24. The van der Waals surface area contributed by atoms with Crippen LogP contribution in [0.5, 0.6) is 0 Å². The van der Waals surface area contributed by atoms with Crippen LogP contribution >= 0.6 is 15.9 Å². The number of Topliss-reactive ketones (excluding diaryl/α,β-unsaturated/α-hetero) is 1. The molecule has 110 valence electrons. The molecule has 3 heteroatoms. The average Bonchev–Trinajstić information content (AvgIpc) is 2.65. The van der Waals surface area contributed by atoms with Crippen LogP contribution in [0.3, 0.4) is 0 Å². The first-order valence-electron chi connectivity index (χ1n) is 7.67. The molecule has 20 heavy (non-hydrogen) atoms. The molecule has 1 aromatic rings. The number of anilines is 1. The highest BCUT2D eigenvalue weighted by molar-refractivity contribution is 9.10. The Bertz CT molecular complexity index is 472. The maximum atomic E-state index is 11.4. The Morgan fingerprint density at radius 2 is 2.15 bits per heavy atom. The van der Waals surface area contributed by atoms with E-state index in [-0.39, 0.29) is 5.78 Å². The zero-order valence-corrected chi connectivity index (χ0v) is 14.1. The minimum atomic E-state index is 0.121. The summed E-state index contributed by atoms with van der Waals surface area (Å²) >= 11 is 3.63. The first kappa shape index (κ1) is 15.6. The molecule has 0 N–H and O–H groups in total. The Morgan fingerprint density at radius 3 is 2.80 bits per heavy atom. The van der Waals surface area contributed by atoms with Crippen LogP contribution in [0.4, 0.5) is 5.69 Å². The zero-order chi connectivity index (χ0) is 14.5. The van der Waals surface area contributed by atoms with Gasteiger partial charge in [-0.1, -0.05) is 19.8 Å². The van der Waals surface area contributed by atoms with Gasteiger partial charge in [0.1, 0.15) is 0 Å². The van der Waals surface area contributed by atoms with Crippen molar-refractivity contribution in [1.82, 2.24) is 0 Å². The predicted octanol–water partition coefficient (Wildman–Crippen LogP) is 5.06. The first-order valence-corrected chi connectivity index (χ1v) is 8.46. The molecule has 1 aliphatic rings. The van der Waals surface area contributed by atoms with Crippen molar-refractivity contribution in [3.8, 4) is 0 Å². The predicted molar refractivity (Wildman–Crippen MR) is 88.6 cm³/mol. The molecule has 0 aliphatic carbocycles. The van der Waals surface area contributed by atoms with Gasteiger partial charge in [0.25, 0.3) is 0 Å². The standard InChI is InChI=1S/C17H24BrNO/c1-3-5-14-6-4-10-19(11-9-14)17-8-7-15(13(2)20)12-16(17)18/h7-8,12,14H,3-6,9-11H2,1-2H3. The van der Waals surface area contributed by atoms with Gasteiger partial charge >= 0.3 is 0 Å². The highest BCUT2D eigenvalue weighted by Gasteiger charge is 2.18. The summed E-state index contributed by atoms with van der Waals surface area (Å²) in [7, 11) is 0. The Labute approximate surface area is 130 Å². The Morgan fingerprint density at radius 1 is 1.35 bits per heavy atom. The first-order chi connectivity index (χ1) is 9.61. The number of benzene rings is 1. The fourth-order valence-electron chi connectivity index (χ4n) is 3.09. The maximum Gasteiger partial charge on any atom is 0.159 e. The molecule has 0 radical (unpaired) electrons. The van der Waals surface area contributed by atoms with E-state index in [1.54, 1.807) is 6.92 Å². The molecule has 1 unspecified atom stereocenters. The highest BCUT2D eigenvalue weighted by atomic mass is 79.9. The topological polar surface area (TPSA) is 20.3 Å². The summed E-state index contributed by atoms with van der Waals surface area (Å²) in [5.41, 5.74) is 2.01. The Hall–Kier alpha value is -0.830. The largest absolute Gasteiger partial charge is 0.371 e. The van der Waals surface area contributed by atoms with Crippen molar-refractivity contribution in [1.29, 1.82) is 0 Å². The molecule has 1 aliphatic heterocycles. The van der Waals surface area contributed by atoms with Crippen LogP contribution in [0, 0.1) is 5.92 Å². The molecule has 0 aromatic heterocycles. The molecule has 1 aromatic carbocycles. The van der Waals surface area contributed by atoms with Gasteiger partial charge in [0.05, 0.1) is 5.69 Å². The van der Waals surface area contributed by atoms with Crippen LogP contribution in [0.25, 0.3) is 0 Å². The van der Waals surface area contributed by atoms with Crippen LogP contribution in [0.15, 0.2) is 22.7 Å². The molecule has 1 saturated heterocycles. The number of hydrogen-bond acceptors (Lipinski definition) is 2. The fraction of sp³-hybridized carbons (Fsp3) is 0.588. The molecule has 1 heterocycles. The van der Waals surface area contributed by atoms with Crippen LogP contribution in [0.2, 0.25) is 0 Å². The van der Waals surface area contributed by atoms with Gasteiger partial charge in [-0.3, -0.25) is 4.79 Å².